The van der Waals surface area contributed by atoms with Gasteiger partial charge in [0.15, 0.2) is 0 Å². The van der Waals surface area contributed by atoms with Crippen LogP contribution in [0.4, 0.5) is 5.95 Å². The Morgan fingerprint density at radius 1 is 1.21 bits per heavy atom. The summed E-state index contributed by atoms with van der Waals surface area (Å²) >= 11 is 0. The fraction of sp³-hybridized carbons (Fsp3) is 0.238. The highest BCUT2D eigenvalue weighted by Gasteiger charge is 2.27. The summed E-state index contributed by atoms with van der Waals surface area (Å²) in [7, 11) is 0. The maximum absolute atomic E-state index is 12.6. The summed E-state index contributed by atoms with van der Waals surface area (Å²) in [5.74, 6) is -0.0523. The van der Waals surface area contributed by atoms with Crippen molar-refractivity contribution in [3.8, 4) is 11.8 Å². The zero-order chi connectivity index (χ0) is 20.1. The summed E-state index contributed by atoms with van der Waals surface area (Å²) in [6, 6.07) is 19.2. The molecule has 1 aliphatic rings. The third-order valence-electron chi connectivity index (χ3n) is 4.68. The molecule has 2 heterocycles. The Hall–Kier alpha value is -3.54. The molecule has 146 valence electrons. The molecule has 4 rings (SSSR count). The Bertz CT molecular complexity index is 1010. The lowest BCUT2D eigenvalue weighted by Gasteiger charge is -2.31. The van der Waals surface area contributed by atoms with E-state index in [1.165, 1.54) is 11.9 Å². The molecule has 0 radical (unpaired) electrons. The highest BCUT2D eigenvalue weighted by Crippen LogP contribution is 2.13. The average molecular weight is 388 g/mol. The molecule has 2 aromatic carbocycles. The monoisotopic (exact) mass is 388 g/mol. The number of morpholine rings is 1. The van der Waals surface area contributed by atoms with Crippen molar-refractivity contribution in [2.45, 2.75) is 12.6 Å². The van der Waals surface area contributed by atoms with Gasteiger partial charge in [0.1, 0.15) is 12.4 Å². The third-order valence-corrected chi connectivity index (χ3v) is 4.68. The normalized spacial score (nSPS) is 16.9. The molecule has 8 nitrogen and oxygen atoms in total. The summed E-state index contributed by atoms with van der Waals surface area (Å²) < 4.78 is 7.19. The number of aromatic nitrogens is 3. The van der Waals surface area contributed by atoms with Crippen LogP contribution in [0.5, 0.6) is 0 Å². The number of carbonyl (C=O) groups is 1. The summed E-state index contributed by atoms with van der Waals surface area (Å²) in [6.45, 7) is 2.57. The average Bonchev–Trinajstić information content (AvgIpc) is 3.23. The molecule has 0 saturated carbocycles. The van der Waals surface area contributed by atoms with Crippen LogP contribution in [0.15, 0.2) is 60.9 Å². The minimum atomic E-state index is -0.575. The highest BCUT2D eigenvalue weighted by atomic mass is 16.5. The number of amides is 1. The van der Waals surface area contributed by atoms with Gasteiger partial charge in [0, 0.05) is 19.6 Å². The second-order valence-corrected chi connectivity index (χ2v) is 6.74. The van der Waals surface area contributed by atoms with Gasteiger partial charge in [-0.25, -0.2) is 4.68 Å². The number of hydrogen-bond acceptors (Lipinski definition) is 6. The van der Waals surface area contributed by atoms with E-state index in [9.17, 15) is 4.79 Å². The first-order chi connectivity index (χ1) is 14.2. The second-order valence-electron chi connectivity index (χ2n) is 6.74. The number of ether oxygens (including phenoxy) is 1. The standard InChI is InChI=1S/C21H20N6O2/c22-12-16-6-8-18(9-7-16)27-15-23-21(25-27)24-20(28)19-14-26(10-11-29-19)13-17-4-2-1-3-5-17/h1-9,15,19H,10-11,13-14H2,(H,24,25,28)/t19-/m0/s1. The number of carbonyl (C=O) groups excluding carboxylic acids is 1. The third kappa shape index (κ3) is 4.66. The molecular weight excluding hydrogens is 368 g/mol. The van der Waals surface area contributed by atoms with E-state index in [0.29, 0.717) is 18.7 Å². The molecule has 3 aromatic rings. The Kier molecular flexibility index (Phi) is 5.61. The molecule has 1 aliphatic heterocycles. The molecule has 1 aromatic heterocycles. The number of anilines is 1. The number of nitriles is 1. The predicted octanol–water partition coefficient (Wildman–Crippen LogP) is 1.98. The zero-order valence-electron chi connectivity index (χ0n) is 15.7. The van der Waals surface area contributed by atoms with Crippen LogP contribution in [0.1, 0.15) is 11.1 Å². The molecule has 1 atom stereocenters. The van der Waals surface area contributed by atoms with Crippen molar-refractivity contribution < 1.29 is 9.53 Å². The van der Waals surface area contributed by atoms with Crippen molar-refractivity contribution in [1.29, 1.82) is 5.26 Å². The zero-order valence-corrected chi connectivity index (χ0v) is 15.7. The van der Waals surface area contributed by atoms with Gasteiger partial charge in [-0.2, -0.15) is 10.2 Å². The van der Waals surface area contributed by atoms with Crippen LogP contribution in [0.3, 0.4) is 0 Å². The first-order valence-electron chi connectivity index (χ1n) is 9.32. The molecule has 0 unspecified atom stereocenters. The van der Waals surface area contributed by atoms with E-state index in [-0.39, 0.29) is 11.9 Å². The lowest BCUT2D eigenvalue weighted by molar-refractivity contribution is -0.133. The fourth-order valence-corrected chi connectivity index (χ4v) is 3.17. The Balaban J connectivity index is 1.36. The van der Waals surface area contributed by atoms with Gasteiger partial charge in [0.2, 0.25) is 5.95 Å². The van der Waals surface area contributed by atoms with Gasteiger partial charge >= 0.3 is 0 Å². The van der Waals surface area contributed by atoms with Gasteiger partial charge in [-0.3, -0.25) is 15.0 Å². The lowest BCUT2D eigenvalue weighted by atomic mass is 10.2. The van der Waals surface area contributed by atoms with Gasteiger partial charge in [-0.15, -0.1) is 5.10 Å². The summed E-state index contributed by atoms with van der Waals surface area (Å²) in [6.07, 6.45) is 0.940. The number of nitrogens with zero attached hydrogens (tertiary/aromatic N) is 5. The predicted molar refractivity (Wildman–Crippen MR) is 106 cm³/mol. The van der Waals surface area contributed by atoms with E-state index < -0.39 is 6.10 Å². The van der Waals surface area contributed by atoms with E-state index in [1.807, 2.05) is 18.2 Å². The number of rotatable bonds is 5. The van der Waals surface area contributed by atoms with Gasteiger partial charge in [-0.1, -0.05) is 30.3 Å². The Morgan fingerprint density at radius 2 is 2.00 bits per heavy atom. The van der Waals surface area contributed by atoms with Crippen molar-refractivity contribution in [1.82, 2.24) is 19.7 Å². The van der Waals surface area contributed by atoms with Gasteiger partial charge in [-0.05, 0) is 29.8 Å². The molecule has 1 saturated heterocycles. The van der Waals surface area contributed by atoms with E-state index >= 15 is 0 Å². The topological polar surface area (TPSA) is 96.1 Å². The van der Waals surface area contributed by atoms with Gasteiger partial charge in [0.25, 0.3) is 5.91 Å². The Morgan fingerprint density at radius 3 is 2.76 bits per heavy atom. The SMILES string of the molecule is N#Cc1ccc(-n2cnc(NC(=O)[C@@H]3CN(Cc4ccccc4)CCO3)n2)cc1. The molecule has 0 aliphatic carbocycles. The Labute approximate surface area is 168 Å². The molecule has 8 heteroatoms. The van der Waals surface area contributed by atoms with Crippen molar-refractivity contribution in [3.63, 3.8) is 0 Å². The maximum atomic E-state index is 12.6. The molecular formula is C21H20N6O2. The first-order valence-corrected chi connectivity index (χ1v) is 9.32. The number of hydrogen-bond donors (Lipinski definition) is 1. The van der Waals surface area contributed by atoms with Crippen LogP contribution in [0.2, 0.25) is 0 Å². The molecule has 1 amide bonds. The van der Waals surface area contributed by atoms with E-state index in [1.54, 1.807) is 28.9 Å². The summed E-state index contributed by atoms with van der Waals surface area (Å²) in [4.78, 5) is 18.9. The maximum Gasteiger partial charge on any atom is 0.257 e. The summed E-state index contributed by atoms with van der Waals surface area (Å²) in [5, 5.41) is 15.9. The first kappa shape index (κ1) is 18.8. The largest absolute Gasteiger partial charge is 0.366 e. The minimum Gasteiger partial charge on any atom is -0.366 e. The van der Waals surface area contributed by atoms with Crippen LogP contribution in [0, 0.1) is 11.3 Å². The quantitative estimate of drug-likeness (QED) is 0.718. The molecule has 1 fully saturated rings. The molecule has 29 heavy (non-hydrogen) atoms. The fourth-order valence-electron chi connectivity index (χ4n) is 3.17. The highest BCUT2D eigenvalue weighted by molar-refractivity contribution is 5.92. The summed E-state index contributed by atoms with van der Waals surface area (Å²) in [5.41, 5.74) is 2.52. The van der Waals surface area contributed by atoms with Crippen LogP contribution < -0.4 is 5.32 Å². The van der Waals surface area contributed by atoms with E-state index in [0.717, 1.165) is 18.8 Å². The van der Waals surface area contributed by atoms with E-state index in [2.05, 4.69) is 38.5 Å². The van der Waals surface area contributed by atoms with Crippen LogP contribution >= 0.6 is 0 Å². The van der Waals surface area contributed by atoms with E-state index in [4.69, 9.17) is 10.00 Å². The molecule has 0 spiro atoms. The smallest absolute Gasteiger partial charge is 0.257 e. The number of nitrogens with one attached hydrogen (secondary N) is 1. The van der Waals surface area contributed by atoms with Crippen molar-refractivity contribution >= 4 is 11.9 Å². The van der Waals surface area contributed by atoms with Crippen molar-refractivity contribution in [2.24, 2.45) is 0 Å². The van der Waals surface area contributed by atoms with Crippen molar-refractivity contribution in [3.05, 3.63) is 72.1 Å². The molecule has 1 N–H and O–H groups in total. The number of benzene rings is 2. The second kappa shape index (κ2) is 8.65. The molecule has 0 bridgehead atoms. The van der Waals surface area contributed by atoms with Crippen LogP contribution in [0.25, 0.3) is 5.69 Å². The van der Waals surface area contributed by atoms with Crippen molar-refractivity contribution in [2.75, 3.05) is 25.0 Å². The minimum absolute atomic E-state index is 0.211. The van der Waals surface area contributed by atoms with Gasteiger partial charge in [0.05, 0.1) is 23.9 Å². The van der Waals surface area contributed by atoms with Gasteiger partial charge < -0.3 is 4.74 Å². The van der Waals surface area contributed by atoms with Crippen LogP contribution in [-0.4, -0.2) is 51.4 Å². The van der Waals surface area contributed by atoms with Crippen LogP contribution in [-0.2, 0) is 16.1 Å². The lowest BCUT2D eigenvalue weighted by Crippen LogP contribution is -2.47.